The lowest BCUT2D eigenvalue weighted by atomic mass is 9.57. The number of rotatable bonds is 6. The monoisotopic (exact) mass is 793 g/mol. The maximum Gasteiger partial charge on any atom is 0.137 e. The first-order valence-corrected chi connectivity index (χ1v) is 22.6. The first kappa shape index (κ1) is 35.8. The van der Waals surface area contributed by atoms with Gasteiger partial charge in [0.1, 0.15) is 11.2 Å². The molecule has 2 atom stereocenters. The van der Waals surface area contributed by atoms with Crippen molar-refractivity contribution >= 4 is 81.3 Å². The minimum atomic E-state index is 0.208. The van der Waals surface area contributed by atoms with Crippen molar-refractivity contribution in [2.24, 2.45) is 17.8 Å². The van der Waals surface area contributed by atoms with Gasteiger partial charge in [-0.2, -0.15) is 0 Å². The summed E-state index contributed by atoms with van der Waals surface area (Å²) in [6.45, 7) is 5.00. The second-order valence-corrected chi connectivity index (χ2v) is 19.3. The number of hydrogen-bond donors (Lipinski definition) is 0. The molecule has 2 bridgehead atoms. The molecule has 2 unspecified atom stereocenters. The fraction of sp³-hybridized carbons (Fsp3) is 0.193. The summed E-state index contributed by atoms with van der Waals surface area (Å²) < 4.78 is 9.39. The molecule has 12 rings (SSSR count). The highest BCUT2D eigenvalue weighted by atomic mass is 32.1. The van der Waals surface area contributed by atoms with Crippen molar-refractivity contribution in [1.82, 2.24) is 0 Å². The van der Waals surface area contributed by atoms with Crippen molar-refractivity contribution in [3.63, 3.8) is 0 Å². The van der Waals surface area contributed by atoms with Gasteiger partial charge in [-0.15, -0.1) is 11.3 Å². The van der Waals surface area contributed by atoms with Crippen LogP contribution >= 0.6 is 11.3 Å². The lowest BCUT2D eigenvalue weighted by Crippen LogP contribution is -2.38. The van der Waals surface area contributed by atoms with Crippen molar-refractivity contribution in [3.05, 3.63) is 175 Å². The van der Waals surface area contributed by atoms with Crippen molar-refractivity contribution < 1.29 is 4.42 Å². The summed E-state index contributed by atoms with van der Waals surface area (Å²) in [5.41, 5.74) is 11.7. The molecular weight excluding hydrogens is 747 g/mol. The Bertz CT molecular complexity index is 3240. The first-order chi connectivity index (χ1) is 29.5. The Balaban J connectivity index is 1.04. The van der Waals surface area contributed by atoms with Crippen molar-refractivity contribution in [2.45, 2.75) is 51.4 Å². The van der Waals surface area contributed by atoms with E-state index in [9.17, 15) is 0 Å². The summed E-state index contributed by atoms with van der Waals surface area (Å²) in [6, 6.07) is 62.9. The first-order valence-electron chi connectivity index (χ1n) is 21.8. The summed E-state index contributed by atoms with van der Waals surface area (Å²) in [6.07, 6.45) is 6.78. The Hall–Kier alpha value is -6.16. The van der Waals surface area contributed by atoms with Gasteiger partial charge in [0, 0.05) is 53.9 Å². The predicted molar refractivity (Wildman–Crippen MR) is 256 cm³/mol. The van der Waals surface area contributed by atoms with Gasteiger partial charge in [0.25, 0.3) is 0 Å². The third-order valence-corrected chi connectivity index (χ3v) is 15.2. The van der Waals surface area contributed by atoms with Gasteiger partial charge in [0.05, 0.1) is 5.69 Å². The number of para-hydroxylation sites is 1. The topological polar surface area (TPSA) is 16.4 Å². The molecule has 2 aliphatic rings. The molecule has 2 nitrogen and oxygen atoms in total. The molecular formula is C57H47NOS. The van der Waals surface area contributed by atoms with E-state index in [0.29, 0.717) is 0 Å². The van der Waals surface area contributed by atoms with Gasteiger partial charge in [-0.3, -0.25) is 0 Å². The third kappa shape index (κ3) is 5.89. The molecule has 0 amide bonds. The van der Waals surface area contributed by atoms with Gasteiger partial charge in [0.15, 0.2) is 0 Å². The minimum absolute atomic E-state index is 0.208. The van der Waals surface area contributed by atoms with E-state index < -0.39 is 0 Å². The molecule has 0 saturated heterocycles. The van der Waals surface area contributed by atoms with Gasteiger partial charge < -0.3 is 9.32 Å². The van der Waals surface area contributed by atoms with Crippen LogP contribution in [0.25, 0.3) is 75.1 Å². The van der Waals surface area contributed by atoms with E-state index in [-0.39, 0.29) is 5.41 Å². The highest BCUT2D eigenvalue weighted by molar-refractivity contribution is 7.25. The van der Waals surface area contributed by atoms with Crippen LogP contribution in [0.5, 0.6) is 0 Å². The van der Waals surface area contributed by atoms with E-state index in [2.05, 4.69) is 189 Å². The van der Waals surface area contributed by atoms with Crippen molar-refractivity contribution in [3.8, 4) is 22.3 Å². The lowest BCUT2D eigenvalue weighted by molar-refractivity contribution is 0.0899. The average molecular weight is 794 g/mol. The molecule has 0 N–H and O–H groups in total. The van der Waals surface area contributed by atoms with E-state index in [4.69, 9.17) is 4.42 Å². The summed E-state index contributed by atoms with van der Waals surface area (Å²) in [5.74, 6) is 2.55. The standard InChI is InChI=1S/C57H47NOS/c1-36-28-37-30-38(29-36)35-57(2,34-37)41-22-27-52-50(31-41)46-25-23-42(32-53(46)59-52)58(43-24-26-48-47-17-7-9-21-54(47)60-55(48)33-43)51-20-8-6-16-45(51)49-19-11-15-40-14-10-18-44(56(40)49)39-12-4-3-5-13-39/h3-27,31-33,36-38H,28-30,34-35H2,1-2H3. The largest absolute Gasteiger partial charge is 0.456 e. The zero-order valence-corrected chi connectivity index (χ0v) is 35.0. The number of thiophene rings is 1. The molecule has 8 aromatic carbocycles. The van der Waals surface area contributed by atoms with Crippen LogP contribution in [0, 0.1) is 17.8 Å². The highest BCUT2D eigenvalue weighted by Gasteiger charge is 2.42. The smallest absolute Gasteiger partial charge is 0.137 e. The molecule has 2 fully saturated rings. The molecule has 292 valence electrons. The molecule has 2 aromatic heterocycles. The zero-order valence-electron chi connectivity index (χ0n) is 34.2. The maximum atomic E-state index is 6.80. The number of nitrogens with zero attached hydrogens (tertiary/aromatic N) is 1. The lowest BCUT2D eigenvalue weighted by Gasteiger charge is -2.47. The normalized spacial score (nSPS) is 20.4. The summed E-state index contributed by atoms with van der Waals surface area (Å²) in [7, 11) is 0. The molecule has 2 saturated carbocycles. The van der Waals surface area contributed by atoms with Gasteiger partial charge in [-0.05, 0) is 137 Å². The Labute approximate surface area is 355 Å². The van der Waals surface area contributed by atoms with Crippen LogP contribution < -0.4 is 4.90 Å². The molecule has 10 aromatic rings. The second kappa shape index (κ2) is 14.0. The van der Waals surface area contributed by atoms with Crippen LogP contribution in [0.4, 0.5) is 17.1 Å². The fourth-order valence-electron chi connectivity index (χ4n) is 11.7. The van der Waals surface area contributed by atoms with Crippen LogP contribution in [-0.4, -0.2) is 0 Å². The SMILES string of the molecule is CC1CC2CC(C1)CC(C)(c1ccc3oc4cc(N(c5ccc6c(c5)sc5ccccc56)c5ccccc5-c5cccc6cccc(-c7ccccc7)c56)ccc4c3c1)C2. The Morgan fingerprint density at radius 1 is 0.533 bits per heavy atom. The molecule has 0 aliphatic heterocycles. The molecule has 60 heavy (non-hydrogen) atoms. The van der Waals surface area contributed by atoms with Crippen molar-refractivity contribution in [1.29, 1.82) is 0 Å². The quantitative estimate of drug-likeness (QED) is 0.167. The number of furan rings is 1. The van der Waals surface area contributed by atoms with Gasteiger partial charge in [-0.25, -0.2) is 0 Å². The fourth-order valence-corrected chi connectivity index (χ4v) is 12.8. The molecule has 3 heteroatoms. The Kier molecular flexibility index (Phi) is 8.32. The number of hydrogen-bond acceptors (Lipinski definition) is 3. The number of fused-ring (bicyclic) bond motifs is 9. The molecule has 2 aliphatic carbocycles. The van der Waals surface area contributed by atoms with Gasteiger partial charge >= 0.3 is 0 Å². The minimum Gasteiger partial charge on any atom is -0.456 e. The van der Waals surface area contributed by atoms with E-state index in [0.717, 1.165) is 46.0 Å². The molecule has 2 heterocycles. The van der Waals surface area contributed by atoms with Gasteiger partial charge in [-0.1, -0.05) is 129 Å². The van der Waals surface area contributed by atoms with Crippen LogP contribution in [-0.2, 0) is 5.41 Å². The highest BCUT2D eigenvalue weighted by Crippen LogP contribution is 2.52. The van der Waals surface area contributed by atoms with Crippen LogP contribution in [0.15, 0.2) is 174 Å². The average Bonchev–Trinajstić information content (AvgIpc) is 3.83. The third-order valence-electron chi connectivity index (χ3n) is 14.1. The van der Waals surface area contributed by atoms with E-state index in [1.165, 1.54) is 102 Å². The summed E-state index contributed by atoms with van der Waals surface area (Å²) in [4.78, 5) is 2.45. The van der Waals surface area contributed by atoms with Crippen LogP contribution in [0.1, 0.15) is 51.5 Å². The van der Waals surface area contributed by atoms with E-state index in [1.807, 2.05) is 11.3 Å². The van der Waals surface area contributed by atoms with E-state index >= 15 is 0 Å². The van der Waals surface area contributed by atoms with Gasteiger partial charge in [0.2, 0.25) is 0 Å². The predicted octanol–water partition coefficient (Wildman–Crippen LogP) is 17.0. The zero-order chi connectivity index (χ0) is 40.0. The van der Waals surface area contributed by atoms with Crippen LogP contribution in [0.2, 0.25) is 0 Å². The van der Waals surface area contributed by atoms with E-state index in [1.54, 1.807) is 0 Å². The molecule has 0 radical (unpaired) electrons. The Morgan fingerprint density at radius 2 is 1.22 bits per heavy atom. The maximum absolute atomic E-state index is 6.80. The number of anilines is 3. The summed E-state index contributed by atoms with van der Waals surface area (Å²) >= 11 is 1.86. The Morgan fingerprint density at radius 3 is 2.05 bits per heavy atom. The van der Waals surface area contributed by atoms with Crippen LogP contribution in [0.3, 0.4) is 0 Å². The number of benzene rings is 8. The summed E-state index contributed by atoms with van der Waals surface area (Å²) in [5, 5.41) is 7.49. The molecule has 0 spiro atoms. The second-order valence-electron chi connectivity index (χ2n) is 18.2. The van der Waals surface area contributed by atoms with Crippen molar-refractivity contribution in [2.75, 3.05) is 4.90 Å².